The average molecular weight is 306 g/mol. The van der Waals surface area contributed by atoms with Gasteiger partial charge < -0.3 is 0 Å². The predicted octanol–water partition coefficient (Wildman–Crippen LogP) is 4.17. The second kappa shape index (κ2) is 16.3. The van der Waals surface area contributed by atoms with Crippen LogP contribution in [0.2, 0.25) is 3.67 Å². The van der Waals surface area contributed by atoms with E-state index in [9.17, 15) is 0 Å². The van der Waals surface area contributed by atoms with Crippen molar-refractivity contribution in [2.75, 3.05) is 0 Å². The Kier molecular flexibility index (Phi) is 19.6. The van der Waals surface area contributed by atoms with E-state index in [0.29, 0.717) is 0 Å². The molecule has 0 amide bonds. The Morgan fingerprint density at radius 2 is 1.17 bits per heavy atom. The molecule has 0 rings (SSSR count). The first-order valence-electron chi connectivity index (χ1n) is 7.11. The summed E-state index contributed by atoms with van der Waals surface area (Å²) in [6.07, 6.45) is 14.7. The molecule has 106 valence electrons. The van der Waals surface area contributed by atoms with Crippen molar-refractivity contribution in [3.8, 4) is 0 Å². The maximum atomic E-state index is 9.11. The maximum absolute atomic E-state index is 9.11. The summed E-state index contributed by atoms with van der Waals surface area (Å²) in [5.41, 5.74) is 0. The molecule has 6 heteroatoms. The van der Waals surface area contributed by atoms with Crippen LogP contribution >= 0.6 is 0 Å². The molecule has 0 fully saturated rings. The fourth-order valence-electron chi connectivity index (χ4n) is 1.74. The summed E-state index contributed by atoms with van der Waals surface area (Å²) < 4.78 is 25.5. The number of hydrogen-bond acceptors (Lipinski definition) is 2. The number of rotatable bonds is 10. The molecular formula is C12H27NaO3S2. The fourth-order valence-corrected chi connectivity index (χ4v) is 2.24. The second-order valence-electron chi connectivity index (χ2n) is 4.63. The van der Waals surface area contributed by atoms with Crippen LogP contribution in [0.3, 0.4) is 0 Å². The van der Waals surface area contributed by atoms with E-state index in [0.717, 1.165) is 0 Å². The molecule has 0 saturated heterocycles. The third-order valence-corrected chi connectivity index (χ3v) is 3.41. The molecule has 0 radical (unpaired) electrons. The topological polar surface area (TPSA) is 57.5 Å². The normalized spacial score (nSPS) is 10.9. The van der Waals surface area contributed by atoms with E-state index in [1.165, 1.54) is 95.8 Å². The van der Waals surface area contributed by atoms with Crippen molar-refractivity contribution in [3.63, 3.8) is 0 Å². The third kappa shape index (κ3) is 36.0. The Bertz CT molecular complexity index is 226. The van der Waals surface area contributed by atoms with Crippen molar-refractivity contribution in [1.29, 1.82) is 0 Å². The first kappa shape index (κ1) is 21.6. The van der Waals surface area contributed by atoms with Crippen molar-refractivity contribution in [2.24, 2.45) is 0 Å². The Morgan fingerprint density at radius 3 is 1.44 bits per heavy atom. The van der Waals surface area contributed by atoms with Gasteiger partial charge in [0, 0.05) is 11.2 Å². The van der Waals surface area contributed by atoms with Crippen LogP contribution in [0.5, 0.6) is 0 Å². The van der Waals surface area contributed by atoms with Gasteiger partial charge in [-0.1, -0.05) is 0 Å². The Labute approximate surface area is 135 Å². The molecule has 2 N–H and O–H groups in total. The molecule has 0 heterocycles. The summed E-state index contributed by atoms with van der Waals surface area (Å²) in [7, 11) is -3.83. The molecule has 0 saturated carbocycles. The Morgan fingerprint density at radius 1 is 0.889 bits per heavy atom. The van der Waals surface area contributed by atoms with Crippen LogP contribution in [0.15, 0.2) is 0 Å². The summed E-state index contributed by atoms with van der Waals surface area (Å²) >= 11 is 4.88. The van der Waals surface area contributed by atoms with Gasteiger partial charge >= 0.3 is 103 Å². The molecule has 0 atom stereocenters. The molecule has 0 aliphatic carbocycles. The van der Waals surface area contributed by atoms with E-state index in [1.807, 2.05) is 0 Å². The zero-order valence-electron chi connectivity index (χ0n) is 11.9. The van der Waals surface area contributed by atoms with Crippen LogP contribution in [0.1, 0.15) is 71.1 Å². The van der Waals surface area contributed by atoms with Gasteiger partial charge in [0.1, 0.15) is 0 Å². The van der Waals surface area contributed by atoms with E-state index >= 15 is 0 Å². The molecule has 3 nitrogen and oxygen atoms in total. The van der Waals surface area contributed by atoms with Crippen LogP contribution < -0.4 is 0 Å². The number of unbranched alkanes of at least 4 members (excludes halogenated alkanes) is 9. The smallest absolute Gasteiger partial charge is 0.263 e. The quantitative estimate of drug-likeness (QED) is 0.470. The minimum atomic E-state index is -3.83. The molecule has 0 bridgehead atoms. The molecule has 0 unspecified atom stereocenters. The van der Waals surface area contributed by atoms with Crippen molar-refractivity contribution in [1.82, 2.24) is 0 Å². The van der Waals surface area contributed by atoms with E-state index in [4.69, 9.17) is 13.3 Å². The molecule has 0 aromatic rings. The Hall–Kier alpha value is 1.29. The molecule has 0 aromatic carbocycles. The first-order chi connectivity index (χ1) is 8.41. The van der Waals surface area contributed by atoms with E-state index in [2.05, 4.69) is 18.1 Å². The van der Waals surface area contributed by atoms with Crippen LogP contribution in [0.4, 0.5) is 0 Å². The SMILES string of the molecule is CCCCCCCCCCC[CH2][Na].O=S(O)(O)=S. The van der Waals surface area contributed by atoms with Gasteiger partial charge in [-0.2, -0.15) is 4.21 Å². The third-order valence-electron chi connectivity index (χ3n) is 2.71. The van der Waals surface area contributed by atoms with Gasteiger partial charge in [0.25, 0.3) is 9.05 Å². The molecule has 0 aliphatic rings. The van der Waals surface area contributed by atoms with Gasteiger partial charge in [0.2, 0.25) is 0 Å². The summed E-state index contributed by atoms with van der Waals surface area (Å²) in [5, 5.41) is 0. The van der Waals surface area contributed by atoms with E-state index < -0.39 is 9.05 Å². The minimum absolute atomic E-state index is 1.38. The summed E-state index contributed by atoms with van der Waals surface area (Å²) in [5.74, 6) is 0. The fraction of sp³-hybridized carbons (Fsp3) is 1.00. The molecule has 0 aromatic heterocycles. The van der Waals surface area contributed by atoms with Gasteiger partial charge in [0.15, 0.2) is 0 Å². The molecular weight excluding hydrogens is 279 g/mol. The minimum Gasteiger partial charge on any atom is -0.285 e. The van der Waals surface area contributed by atoms with Crippen LogP contribution in [0.25, 0.3) is 0 Å². The average Bonchev–Trinajstić information content (AvgIpc) is 2.25. The largest absolute Gasteiger partial charge is 0.285 e. The van der Waals surface area contributed by atoms with Crippen molar-refractivity contribution in [3.05, 3.63) is 0 Å². The van der Waals surface area contributed by atoms with E-state index in [1.54, 1.807) is 0 Å². The van der Waals surface area contributed by atoms with Gasteiger partial charge in [-0.25, -0.2) is 0 Å². The van der Waals surface area contributed by atoms with Crippen molar-refractivity contribution >= 4 is 48.2 Å². The molecule has 0 spiro atoms. The van der Waals surface area contributed by atoms with Gasteiger partial charge in [-0.05, 0) is 0 Å². The summed E-state index contributed by atoms with van der Waals surface area (Å²) in [4.78, 5) is 0. The summed E-state index contributed by atoms with van der Waals surface area (Å²) in [6, 6.07) is 0. The number of hydrogen-bond donors (Lipinski definition) is 2. The zero-order valence-corrected chi connectivity index (χ0v) is 15.5. The standard InChI is InChI=1S/C12H25.Na.H2O3S2/c1-3-5-7-9-11-12-10-8-6-4-2;;1-5(2,3)4/h1,3-12H2,2H3;;(H2,1,2,3,4). The van der Waals surface area contributed by atoms with Gasteiger partial charge in [0.05, 0.1) is 0 Å². The second-order valence-corrected chi connectivity index (χ2v) is 7.83. The Balaban J connectivity index is 0. The van der Waals surface area contributed by atoms with Crippen LogP contribution in [-0.2, 0) is 20.2 Å². The predicted molar refractivity (Wildman–Crippen MR) is 83.2 cm³/mol. The molecule has 18 heavy (non-hydrogen) atoms. The van der Waals surface area contributed by atoms with Crippen LogP contribution in [-0.4, -0.2) is 41.2 Å². The molecule has 0 aliphatic heterocycles. The van der Waals surface area contributed by atoms with Crippen molar-refractivity contribution < 1.29 is 13.3 Å². The van der Waals surface area contributed by atoms with Gasteiger partial charge in [-0.3, -0.25) is 9.11 Å². The van der Waals surface area contributed by atoms with Crippen LogP contribution in [0, 0.1) is 0 Å². The maximum Gasteiger partial charge on any atom is 0.263 e. The van der Waals surface area contributed by atoms with Gasteiger partial charge in [-0.15, -0.1) is 0 Å². The van der Waals surface area contributed by atoms with E-state index in [-0.39, 0.29) is 0 Å². The zero-order chi connectivity index (χ0) is 14.3. The summed E-state index contributed by atoms with van der Waals surface area (Å²) in [6.45, 7) is 2.29. The van der Waals surface area contributed by atoms with Crippen molar-refractivity contribution in [2.45, 2.75) is 74.8 Å². The monoisotopic (exact) mass is 306 g/mol. The first-order valence-corrected chi connectivity index (χ1v) is 10.9.